The molecule has 1 fully saturated rings. The molecule has 3 rings (SSSR count). The summed E-state index contributed by atoms with van der Waals surface area (Å²) in [5.74, 6) is -0.833. The Labute approximate surface area is 152 Å². The predicted molar refractivity (Wildman–Crippen MR) is 98.9 cm³/mol. The van der Waals surface area contributed by atoms with Crippen molar-refractivity contribution < 1.29 is 14.4 Å². The van der Waals surface area contributed by atoms with Crippen LogP contribution in [-0.2, 0) is 4.79 Å². The number of carbonyl (C=O) groups excluding carboxylic acids is 3. The molecule has 0 atom stereocenters. The number of nitrogens with two attached hydrogens (primary N) is 1. The number of carbonyl (C=O) groups is 3. The highest BCUT2D eigenvalue weighted by atomic mass is 16.2. The Morgan fingerprint density at radius 3 is 2.08 bits per heavy atom. The number of likely N-dealkylation sites (tertiary alicyclic amines) is 1. The summed E-state index contributed by atoms with van der Waals surface area (Å²) in [6.07, 6.45) is 1.13. The molecule has 2 aromatic carbocycles. The van der Waals surface area contributed by atoms with Gasteiger partial charge in [0.15, 0.2) is 5.78 Å². The molecule has 1 aliphatic rings. The van der Waals surface area contributed by atoms with Gasteiger partial charge in [-0.05, 0) is 25.8 Å². The van der Waals surface area contributed by atoms with E-state index in [1.54, 1.807) is 41.3 Å². The standard InChI is InChI=1S/C21H22N2O3/c1-14-6-8-15(9-7-14)19(24)17-4-2-3-5-18(17)21(26)23-12-10-16(11-13-23)20(22)25/h2-9,16H,10-13H2,1H3,(H2,22,25). The van der Waals surface area contributed by atoms with Gasteiger partial charge in [-0.25, -0.2) is 0 Å². The lowest BCUT2D eigenvalue weighted by Gasteiger charge is -2.31. The molecule has 134 valence electrons. The maximum atomic E-state index is 12.9. The van der Waals surface area contributed by atoms with E-state index in [0.717, 1.165) is 5.56 Å². The molecule has 5 nitrogen and oxygen atoms in total. The molecule has 0 unspecified atom stereocenters. The van der Waals surface area contributed by atoms with E-state index in [2.05, 4.69) is 0 Å². The second-order valence-corrected chi connectivity index (χ2v) is 6.71. The fraction of sp³-hybridized carbons (Fsp3) is 0.286. The van der Waals surface area contributed by atoms with Crippen molar-refractivity contribution >= 4 is 17.6 Å². The molecule has 0 saturated carbocycles. The van der Waals surface area contributed by atoms with Gasteiger partial charge in [0.05, 0.1) is 5.56 Å². The van der Waals surface area contributed by atoms with Gasteiger partial charge >= 0.3 is 0 Å². The van der Waals surface area contributed by atoms with E-state index in [1.165, 1.54) is 0 Å². The zero-order chi connectivity index (χ0) is 18.7. The van der Waals surface area contributed by atoms with E-state index in [4.69, 9.17) is 5.73 Å². The van der Waals surface area contributed by atoms with E-state index in [9.17, 15) is 14.4 Å². The van der Waals surface area contributed by atoms with Gasteiger partial charge in [-0.3, -0.25) is 14.4 Å². The van der Waals surface area contributed by atoms with Crippen LogP contribution in [0, 0.1) is 12.8 Å². The Morgan fingerprint density at radius 2 is 1.50 bits per heavy atom. The SMILES string of the molecule is Cc1ccc(C(=O)c2ccccc2C(=O)N2CCC(C(N)=O)CC2)cc1. The normalized spacial score (nSPS) is 14.9. The van der Waals surface area contributed by atoms with Gasteiger partial charge in [0.2, 0.25) is 5.91 Å². The van der Waals surface area contributed by atoms with Gasteiger partial charge in [0, 0.05) is 30.1 Å². The molecular weight excluding hydrogens is 328 g/mol. The Hall–Kier alpha value is -2.95. The van der Waals surface area contributed by atoms with E-state index in [1.807, 2.05) is 19.1 Å². The quantitative estimate of drug-likeness (QED) is 0.861. The van der Waals surface area contributed by atoms with Crippen LogP contribution in [0.5, 0.6) is 0 Å². The second-order valence-electron chi connectivity index (χ2n) is 6.71. The Bertz CT molecular complexity index is 835. The number of hydrogen-bond donors (Lipinski definition) is 1. The minimum atomic E-state index is -0.313. The van der Waals surface area contributed by atoms with Gasteiger partial charge in [-0.15, -0.1) is 0 Å². The summed E-state index contributed by atoms with van der Waals surface area (Å²) in [5.41, 5.74) is 7.78. The molecular formula is C21H22N2O3. The molecule has 0 bridgehead atoms. The van der Waals surface area contributed by atoms with Crippen molar-refractivity contribution in [1.82, 2.24) is 4.90 Å². The number of benzene rings is 2. The largest absolute Gasteiger partial charge is 0.369 e. The number of rotatable bonds is 4. The molecule has 1 saturated heterocycles. The second kappa shape index (κ2) is 7.52. The number of hydrogen-bond acceptors (Lipinski definition) is 3. The van der Waals surface area contributed by atoms with E-state index >= 15 is 0 Å². The summed E-state index contributed by atoms with van der Waals surface area (Å²) in [6, 6.07) is 14.2. The van der Waals surface area contributed by atoms with Crippen molar-refractivity contribution in [3.05, 3.63) is 70.8 Å². The molecule has 1 aliphatic heterocycles. The van der Waals surface area contributed by atoms with Crippen LogP contribution >= 0.6 is 0 Å². The Morgan fingerprint density at radius 1 is 0.923 bits per heavy atom. The van der Waals surface area contributed by atoms with Gasteiger partial charge in [-0.1, -0.05) is 48.0 Å². The van der Waals surface area contributed by atoms with Crippen LogP contribution in [-0.4, -0.2) is 35.6 Å². The van der Waals surface area contributed by atoms with Crippen LogP contribution in [0.25, 0.3) is 0 Å². The Kier molecular flexibility index (Phi) is 5.16. The first-order valence-corrected chi connectivity index (χ1v) is 8.76. The third-order valence-corrected chi connectivity index (χ3v) is 4.90. The highest BCUT2D eigenvalue weighted by Gasteiger charge is 2.28. The summed E-state index contributed by atoms with van der Waals surface area (Å²) in [5, 5.41) is 0. The third-order valence-electron chi connectivity index (χ3n) is 4.90. The van der Waals surface area contributed by atoms with Crippen molar-refractivity contribution in [2.75, 3.05) is 13.1 Å². The fourth-order valence-electron chi connectivity index (χ4n) is 3.27. The number of nitrogens with zero attached hydrogens (tertiary/aromatic N) is 1. The van der Waals surface area contributed by atoms with Gasteiger partial charge in [0.25, 0.3) is 5.91 Å². The minimum absolute atomic E-state index is 0.166. The number of amides is 2. The summed E-state index contributed by atoms with van der Waals surface area (Å²) >= 11 is 0. The van der Waals surface area contributed by atoms with Gasteiger partial charge in [-0.2, -0.15) is 0 Å². The molecule has 1 heterocycles. The first-order chi connectivity index (χ1) is 12.5. The first kappa shape index (κ1) is 17.9. The van der Waals surface area contributed by atoms with Crippen molar-refractivity contribution in [3.63, 3.8) is 0 Å². The van der Waals surface area contributed by atoms with Crippen LogP contribution in [0.2, 0.25) is 0 Å². The highest BCUT2D eigenvalue weighted by Crippen LogP contribution is 2.22. The number of ketones is 1. The molecule has 0 radical (unpaired) electrons. The molecule has 0 aliphatic carbocycles. The number of aryl methyl sites for hydroxylation is 1. The van der Waals surface area contributed by atoms with Crippen LogP contribution in [0.3, 0.4) is 0 Å². The predicted octanol–water partition coefficient (Wildman–Crippen LogP) is 2.56. The third kappa shape index (κ3) is 3.67. The number of primary amides is 1. The van der Waals surface area contributed by atoms with Crippen LogP contribution < -0.4 is 5.73 Å². The minimum Gasteiger partial charge on any atom is -0.369 e. The molecule has 0 spiro atoms. The zero-order valence-corrected chi connectivity index (χ0v) is 14.8. The highest BCUT2D eigenvalue weighted by molar-refractivity contribution is 6.15. The van der Waals surface area contributed by atoms with Crippen LogP contribution in [0.4, 0.5) is 0 Å². The molecule has 0 aromatic heterocycles. The Balaban J connectivity index is 1.83. The number of piperidine rings is 1. The van der Waals surface area contributed by atoms with Crippen molar-refractivity contribution in [3.8, 4) is 0 Å². The van der Waals surface area contributed by atoms with Crippen LogP contribution in [0.1, 0.15) is 44.7 Å². The average molecular weight is 350 g/mol. The van der Waals surface area contributed by atoms with Crippen molar-refractivity contribution in [2.45, 2.75) is 19.8 Å². The smallest absolute Gasteiger partial charge is 0.254 e. The van der Waals surface area contributed by atoms with E-state index < -0.39 is 0 Å². The van der Waals surface area contributed by atoms with E-state index in [-0.39, 0.29) is 23.5 Å². The molecule has 5 heteroatoms. The van der Waals surface area contributed by atoms with E-state index in [0.29, 0.717) is 42.6 Å². The summed E-state index contributed by atoms with van der Waals surface area (Å²) in [6.45, 7) is 2.90. The van der Waals surface area contributed by atoms with Crippen molar-refractivity contribution in [1.29, 1.82) is 0 Å². The monoisotopic (exact) mass is 350 g/mol. The first-order valence-electron chi connectivity index (χ1n) is 8.76. The maximum Gasteiger partial charge on any atom is 0.254 e. The maximum absolute atomic E-state index is 12.9. The van der Waals surface area contributed by atoms with Crippen molar-refractivity contribution in [2.24, 2.45) is 11.7 Å². The lowest BCUT2D eigenvalue weighted by molar-refractivity contribution is -0.123. The zero-order valence-electron chi connectivity index (χ0n) is 14.8. The molecule has 2 aromatic rings. The van der Waals surface area contributed by atoms with Gasteiger partial charge in [0.1, 0.15) is 0 Å². The molecule has 26 heavy (non-hydrogen) atoms. The molecule has 2 N–H and O–H groups in total. The van der Waals surface area contributed by atoms with Gasteiger partial charge < -0.3 is 10.6 Å². The lowest BCUT2D eigenvalue weighted by atomic mass is 9.94. The summed E-state index contributed by atoms with van der Waals surface area (Å²) < 4.78 is 0. The fourth-order valence-corrected chi connectivity index (χ4v) is 3.27. The summed E-state index contributed by atoms with van der Waals surface area (Å²) in [4.78, 5) is 38.8. The average Bonchev–Trinajstić information content (AvgIpc) is 2.67. The molecule has 2 amide bonds. The topological polar surface area (TPSA) is 80.5 Å². The van der Waals surface area contributed by atoms with Crippen LogP contribution in [0.15, 0.2) is 48.5 Å². The summed E-state index contributed by atoms with van der Waals surface area (Å²) in [7, 11) is 0. The lowest BCUT2D eigenvalue weighted by Crippen LogP contribution is -2.42.